The van der Waals surface area contributed by atoms with Gasteiger partial charge in [-0.2, -0.15) is 0 Å². The van der Waals surface area contributed by atoms with Crippen molar-refractivity contribution in [3.8, 4) is 5.75 Å². The van der Waals surface area contributed by atoms with E-state index in [2.05, 4.69) is 33.5 Å². The number of nitrogens with two attached hydrogens (primary N) is 1. The Hall–Kier alpha value is -0.810. The van der Waals surface area contributed by atoms with Crippen LogP contribution in [0.1, 0.15) is 0 Å². The molecule has 5 heteroatoms. The van der Waals surface area contributed by atoms with E-state index in [-0.39, 0.29) is 10.9 Å². The Labute approximate surface area is 83.7 Å². The van der Waals surface area contributed by atoms with Crippen molar-refractivity contribution >= 4 is 38.9 Å². The number of phenols is 1. The van der Waals surface area contributed by atoms with Gasteiger partial charge in [0.1, 0.15) is 5.75 Å². The van der Waals surface area contributed by atoms with Crippen molar-refractivity contribution in [2.75, 3.05) is 5.32 Å². The standard InChI is InChI=1S/C7H7BrN2OS/c8-5-3-4(10-7(9)12)1-2-6(5)11/h1-3,11H,(H3,9,10,12). The maximum atomic E-state index is 9.14. The Bertz CT molecular complexity index is 316. The van der Waals surface area contributed by atoms with Crippen molar-refractivity contribution in [1.82, 2.24) is 0 Å². The SMILES string of the molecule is NC(=S)Nc1ccc(O)c(Br)c1. The Morgan fingerprint density at radius 3 is 2.75 bits per heavy atom. The molecule has 0 heterocycles. The molecule has 64 valence electrons. The van der Waals surface area contributed by atoms with E-state index in [1.54, 1.807) is 18.2 Å². The molecule has 0 spiro atoms. The van der Waals surface area contributed by atoms with Crippen molar-refractivity contribution in [2.45, 2.75) is 0 Å². The van der Waals surface area contributed by atoms with Gasteiger partial charge in [-0.3, -0.25) is 0 Å². The van der Waals surface area contributed by atoms with Gasteiger partial charge >= 0.3 is 0 Å². The zero-order valence-electron chi connectivity index (χ0n) is 6.04. The summed E-state index contributed by atoms with van der Waals surface area (Å²) in [7, 11) is 0. The summed E-state index contributed by atoms with van der Waals surface area (Å²) in [5.74, 6) is 0.184. The molecule has 4 N–H and O–H groups in total. The van der Waals surface area contributed by atoms with Crippen LogP contribution in [0.25, 0.3) is 0 Å². The molecular formula is C7H7BrN2OS. The van der Waals surface area contributed by atoms with E-state index < -0.39 is 0 Å². The van der Waals surface area contributed by atoms with Gasteiger partial charge in [0.05, 0.1) is 4.47 Å². The van der Waals surface area contributed by atoms with E-state index in [0.717, 1.165) is 5.69 Å². The molecule has 1 aromatic rings. The van der Waals surface area contributed by atoms with E-state index >= 15 is 0 Å². The maximum Gasteiger partial charge on any atom is 0.168 e. The predicted octanol–water partition coefficient (Wildman–Crippen LogP) is 1.81. The lowest BCUT2D eigenvalue weighted by Crippen LogP contribution is -2.18. The summed E-state index contributed by atoms with van der Waals surface area (Å²) >= 11 is 7.80. The van der Waals surface area contributed by atoms with Crippen LogP contribution in [0.2, 0.25) is 0 Å². The van der Waals surface area contributed by atoms with Gasteiger partial charge in [0.2, 0.25) is 0 Å². The Kier molecular flexibility index (Phi) is 2.88. The van der Waals surface area contributed by atoms with Crippen LogP contribution in [0.4, 0.5) is 5.69 Å². The topological polar surface area (TPSA) is 58.3 Å². The van der Waals surface area contributed by atoms with E-state index in [1.807, 2.05) is 0 Å². The molecule has 0 aliphatic carbocycles. The molecule has 0 aliphatic heterocycles. The van der Waals surface area contributed by atoms with Crippen molar-refractivity contribution in [3.05, 3.63) is 22.7 Å². The van der Waals surface area contributed by atoms with Crippen LogP contribution in [-0.4, -0.2) is 10.2 Å². The van der Waals surface area contributed by atoms with Crippen LogP contribution in [0.15, 0.2) is 22.7 Å². The van der Waals surface area contributed by atoms with Gasteiger partial charge in [-0.15, -0.1) is 0 Å². The van der Waals surface area contributed by atoms with Crippen LogP contribution in [-0.2, 0) is 0 Å². The molecule has 0 bridgehead atoms. The highest BCUT2D eigenvalue weighted by molar-refractivity contribution is 9.10. The fourth-order valence-corrected chi connectivity index (χ4v) is 1.22. The highest BCUT2D eigenvalue weighted by atomic mass is 79.9. The summed E-state index contributed by atoms with van der Waals surface area (Å²) in [5, 5.41) is 12.1. The normalized spacial score (nSPS) is 9.42. The average Bonchev–Trinajstić information content (AvgIpc) is 1.96. The number of nitrogens with one attached hydrogen (secondary N) is 1. The summed E-state index contributed by atoms with van der Waals surface area (Å²) < 4.78 is 0.601. The molecule has 0 saturated heterocycles. The lowest BCUT2D eigenvalue weighted by molar-refractivity contribution is 0.472. The third-order valence-corrected chi connectivity index (χ3v) is 1.95. The van der Waals surface area contributed by atoms with Gasteiger partial charge in [-0.25, -0.2) is 0 Å². The van der Waals surface area contributed by atoms with Gasteiger partial charge in [0.25, 0.3) is 0 Å². The number of hydrogen-bond donors (Lipinski definition) is 3. The molecule has 0 radical (unpaired) electrons. The van der Waals surface area contributed by atoms with E-state index in [1.165, 1.54) is 0 Å². The quantitative estimate of drug-likeness (QED) is 0.523. The second-order valence-corrected chi connectivity index (χ2v) is 3.45. The molecule has 3 nitrogen and oxygen atoms in total. The first-order chi connectivity index (χ1) is 5.59. The van der Waals surface area contributed by atoms with Gasteiger partial charge in [0.15, 0.2) is 5.11 Å². The number of halogens is 1. The molecule has 0 aromatic heterocycles. The molecular weight excluding hydrogens is 240 g/mol. The van der Waals surface area contributed by atoms with Crippen LogP contribution in [0, 0.1) is 0 Å². The largest absolute Gasteiger partial charge is 0.507 e. The lowest BCUT2D eigenvalue weighted by atomic mass is 10.3. The summed E-state index contributed by atoms with van der Waals surface area (Å²) in [6, 6.07) is 4.92. The maximum absolute atomic E-state index is 9.14. The molecule has 1 aromatic carbocycles. The molecule has 0 aliphatic rings. The predicted molar refractivity (Wildman–Crippen MR) is 56.2 cm³/mol. The summed E-state index contributed by atoms with van der Waals surface area (Å²) in [5.41, 5.74) is 6.00. The second-order valence-electron chi connectivity index (χ2n) is 2.16. The third-order valence-electron chi connectivity index (χ3n) is 1.22. The number of thiocarbonyl (C=S) groups is 1. The number of aromatic hydroxyl groups is 1. The molecule has 12 heavy (non-hydrogen) atoms. The minimum absolute atomic E-state index is 0.184. The molecule has 0 saturated carbocycles. The lowest BCUT2D eigenvalue weighted by Gasteiger charge is -2.04. The van der Waals surface area contributed by atoms with E-state index in [0.29, 0.717) is 4.47 Å². The molecule has 0 atom stereocenters. The van der Waals surface area contributed by atoms with Crippen LogP contribution < -0.4 is 11.1 Å². The van der Waals surface area contributed by atoms with E-state index in [9.17, 15) is 0 Å². The van der Waals surface area contributed by atoms with Crippen LogP contribution in [0.5, 0.6) is 5.75 Å². The van der Waals surface area contributed by atoms with Gasteiger partial charge in [0, 0.05) is 5.69 Å². The van der Waals surface area contributed by atoms with Crippen molar-refractivity contribution in [3.63, 3.8) is 0 Å². The van der Waals surface area contributed by atoms with Gasteiger partial charge in [-0.05, 0) is 46.3 Å². The summed E-state index contributed by atoms with van der Waals surface area (Å²) in [6.07, 6.45) is 0. The number of anilines is 1. The minimum Gasteiger partial charge on any atom is -0.507 e. The van der Waals surface area contributed by atoms with Crippen molar-refractivity contribution in [1.29, 1.82) is 0 Å². The number of phenolic OH excluding ortho intramolecular Hbond substituents is 1. The van der Waals surface area contributed by atoms with Crippen LogP contribution in [0.3, 0.4) is 0 Å². The first-order valence-electron chi connectivity index (χ1n) is 3.14. The Morgan fingerprint density at radius 1 is 1.58 bits per heavy atom. The first-order valence-corrected chi connectivity index (χ1v) is 4.34. The molecule has 1 rings (SSSR count). The smallest absolute Gasteiger partial charge is 0.168 e. The zero-order valence-corrected chi connectivity index (χ0v) is 8.45. The fourth-order valence-electron chi connectivity index (χ4n) is 0.727. The monoisotopic (exact) mass is 246 g/mol. The van der Waals surface area contributed by atoms with Crippen LogP contribution >= 0.6 is 28.1 Å². The number of hydrogen-bond acceptors (Lipinski definition) is 2. The number of benzene rings is 1. The third kappa shape index (κ3) is 2.35. The summed E-state index contributed by atoms with van der Waals surface area (Å²) in [6.45, 7) is 0. The van der Waals surface area contributed by atoms with Gasteiger partial charge < -0.3 is 16.2 Å². The number of rotatable bonds is 1. The highest BCUT2D eigenvalue weighted by Crippen LogP contribution is 2.26. The van der Waals surface area contributed by atoms with Crippen molar-refractivity contribution < 1.29 is 5.11 Å². The zero-order chi connectivity index (χ0) is 9.14. The second kappa shape index (κ2) is 3.73. The average molecular weight is 247 g/mol. The Morgan fingerprint density at radius 2 is 2.25 bits per heavy atom. The first kappa shape index (κ1) is 9.28. The fraction of sp³-hybridized carbons (Fsp3) is 0. The Balaban J connectivity index is 2.89. The summed E-state index contributed by atoms with van der Waals surface area (Å²) in [4.78, 5) is 0. The molecule has 0 amide bonds. The highest BCUT2D eigenvalue weighted by Gasteiger charge is 1.98. The molecule has 0 unspecified atom stereocenters. The van der Waals surface area contributed by atoms with E-state index in [4.69, 9.17) is 10.8 Å². The molecule has 0 fully saturated rings. The van der Waals surface area contributed by atoms with Crippen molar-refractivity contribution in [2.24, 2.45) is 5.73 Å². The van der Waals surface area contributed by atoms with Gasteiger partial charge in [-0.1, -0.05) is 0 Å². The minimum atomic E-state index is 0.184.